The van der Waals surface area contributed by atoms with E-state index < -0.39 is 0 Å². The molecule has 0 atom stereocenters. The van der Waals surface area contributed by atoms with Gasteiger partial charge in [0, 0.05) is 53.5 Å². The van der Waals surface area contributed by atoms with Gasteiger partial charge in [0.15, 0.2) is 5.78 Å². The third-order valence-corrected chi connectivity index (χ3v) is 10.9. The predicted molar refractivity (Wildman–Crippen MR) is 191 cm³/mol. The van der Waals surface area contributed by atoms with E-state index in [1.807, 2.05) is 59.7 Å². The molecule has 6 nitrogen and oxygen atoms in total. The van der Waals surface area contributed by atoms with E-state index in [1.54, 1.807) is 23.9 Å². The molecule has 0 saturated heterocycles. The Morgan fingerprint density at radius 3 is 2.26 bits per heavy atom. The number of thiophene rings is 1. The van der Waals surface area contributed by atoms with E-state index in [2.05, 4.69) is 54.3 Å². The van der Waals surface area contributed by atoms with Crippen LogP contribution in [0.3, 0.4) is 0 Å². The van der Waals surface area contributed by atoms with Crippen molar-refractivity contribution < 1.29 is 38.8 Å². The molecule has 4 aromatic heterocycles. The number of ketones is 1. The van der Waals surface area contributed by atoms with Gasteiger partial charge in [-0.2, -0.15) is 11.3 Å². The fourth-order valence-corrected chi connectivity index (χ4v) is 6.77. The summed E-state index contributed by atoms with van der Waals surface area (Å²) < 4.78 is 12.9. The SMILES string of the molecule is CC(C)(C)c1cc(-c2ncnc3oc4c5ccoc5ccc4c23)[c-]c2ccsc12.CCC(C)(CC)C(=O)/C=C(\O)C(C)(CC)CC.[Ir]. The number of carbonyl (C=O) groups is 1. The van der Waals surface area contributed by atoms with Gasteiger partial charge in [-0.15, -0.1) is 23.6 Å². The second kappa shape index (κ2) is 14.0. The van der Waals surface area contributed by atoms with Gasteiger partial charge in [-0.3, -0.25) is 9.78 Å². The molecular formula is C39H45IrN2O4S-. The van der Waals surface area contributed by atoms with Crippen molar-refractivity contribution in [3.05, 3.63) is 71.8 Å². The fourth-order valence-electron chi connectivity index (χ4n) is 5.69. The van der Waals surface area contributed by atoms with Crippen molar-refractivity contribution in [3.63, 3.8) is 0 Å². The normalized spacial score (nSPS) is 12.8. The Balaban J connectivity index is 0.000000242. The molecule has 1 N–H and O–H groups in total. The summed E-state index contributed by atoms with van der Waals surface area (Å²) in [6.07, 6.45) is 8.00. The Morgan fingerprint density at radius 2 is 1.62 bits per heavy atom. The molecule has 0 bridgehead atoms. The number of carbonyl (C=O) groups excluding carboxylic acids is 1. The van der Waals surface area contributed by atoms with Crippen LogP contribution in [0.1, 0.15) is 93.6 Å². The molecule has 251 valence electrons. The molecule has 6 aromatic rings. The molecule has 0 aliphatic heterocycles. The Morgan fingerprint density at radius 1 is 0.936 bits per heavy atom. The summed E-state index contributed by atoms with van der Waals surface area (Å²) in [5.74, 6) is 0.286. The van der Waals surface area contributed by atoms with Crippen molar-refractivity contribution >= 4 is 60.2 Å². The number of hydrogen-bond acceptors (Lipinski definition) is 7. The van der Waals surface area contributed by atoms with Crippen LogP contribution in [0.25, 0.3) is 54.4 Å². The van der Waals surface area contributed by atoms with Crippen LogP contribution in [-0.4, -0.2) is 20.9 Å². The molecule has 2 aromatic carbocycles. The quantitative estimate of drug-likeness (QED) is 0.0934. The van der Waals surface area contributed by atoms with Crippen molar-refractivity contribution in [1.82, 2.24) is 9.97 Å². The van der Waals surface area contributed by atoms with Crippen LogP contribution in [0.2, 0.25) is 0 Å². The van der Waals surface area contributed by atoms with Crippen LogP contribution in [0, 0.1) is 16.9 Å². The molecule has 0 aliphatic carbocycles. The third kappa shape index (κ3) is 6.83. The number of nitrogens with zero attached hydrogens (tertiary/aromatic N) is 2. The summed E-state index contributed by atoms with van der Waals surface area (Å²) in [6, 6.07) is 13.8. The van der Waals surface area contributed by atoms with Gasteiger partial charge in [0.1, 0.15) is 23.3 Å². The average Bonchev–Trinajstić information content (AvgIpc) is 3.81. The second-order valence-corrected chi connectivity index (χ2v) is 14.6. The van der Waals surface area contributed by atoms with Crippen LogP contribution in [0.15, 0.2) is 69.0 Å². The fraction of sp³-hybridized carbons (Fsp3) is 0.410. The van der Waals surface area contributed by atoms with Crippen molar-refractivity contribution in [2.45, 2.75) is 93.4 Å². The van der Waals surface area contributed by atoms with E-state index in [0.717, 1.165) is 69.7 Å². The summed E-state index contributed by atoms with van der Waals surface area (Å²) >= 11 is 1.76. The first-order valence-electron chi connectivity index (χ1n) is 16.2. The largest absolute Gasteiger partial charge is 0.512 e. The van der Waals surface area contributed by atoms with Gasteiger partial charge in [-0.25, -0.2) is 4.98 Å². The van der Waals surface area contributed by atoms with E-state index in [1.165, 1.54) is 16.3 Å². The van der Waals surface area contributed by atoms with Gasteiger partial charge in [-0.05, 0) is 59.4 Å². The van der Waals surface area contributed by atoms with E-state index in [-0.39, 0.29) is 47.9 Å². The van der Waals surface area contributed by atoms with Crippen LogP contribution >= 0.6 is 11.3 Å². The van der Waals surface area contributed by atoms with E-state index in [0.29, 0.717) is 5.71 Å². The number of rotatable bonds is 8. The maximum absolute atomic E-state index is 12.2. The van der Waals surface area contributed by atoms with Crippen LogP contribution in [0.5, 0.6) is 0 Å². The molecule has 0 aliphatic rings. The summed E-state index contributed by atoms with van der Waals surface area (Å²) in [7, 11) is 0. The van der Waals surface area contributed by atoms with E-state index >= 15 is 0 Å². The molecule has 0 saturated carbocycles. The Kier molecular flexibility index (Phi) is 10.9. The van der Waals surface area contributed by atoms with Crippen molar-refractivity contribution in [1.29, 1.82) is 0 Å². The summed E-state index contributed by atoms with van der Waals surface area (Å²) in [6.45, 7) is 18.8. The van der Waals surface area contributed by atoms with Crippen LogP contribution in [-0.2, 0) is 30.3 Å². The van der Waals surface area contributed by atoms with Crippen LogP contribution in [0.4, 0.5) is 0 Å². The summed E-state index contributed by atoms with van der Waals surface area (Å²) in [4.78, 5) is 21.2. The smallest absolute Gasteiger partial charge is 0.223 e. The molecule has 47 heavy (non-hydrogen) atoms. The minimum atomic E-state index is -0.337. The first-order valence-corrected chi connectivity index (χ1v) is 17.1. The molecule has 0 amide bonds. The Labute approximate surface area is 295 Å². The standard InChI is InChI=1S/C24H17N2O2S.C15H28O2.Ir/c1-24(2,3)17-11-14(10-13-7-9-29-22(13)17)20-19-16-4-5-18-15(6-8-27-18)21(16)28-23(19)26-12-25-20;1-7-14(5,8-2)12(16)11-13(17)15(6,9-3)10-4;/h4-9,11-12H,1-3H3;11,16H,7-10H2,1-6H3;/q-1;;/b;12-11-;. The zero-order valence-corrected chi connectivity index (χ0v) is 32.0. The minimum Gasteiger partial charge on any atom is -0.512 e. The number of fused-ring (bicyclic) bond motifs is 6. The molecule has 8 heteroatoms. The van der Waals surface area contributed by atoms with E-state index in [9.17, 15) is 9.90 Å². The minimum absolute atomic E-state index is 0. The van der Waals surface area contributed by atoms with Crippen molar-refractivity contribution in [3.8, 4) is 11.3 Å². The predicted octanol–water partition coefficient (Wildman–Crippen LogP) is 11.7. The first-order chi connectivity index (χ1) is 21.8. The number of aliphatic hydroxyl groups is 1. The van der Waals surface area contributed by atoms with Crippen molar-refractivity contribution in [2.24, 2.45) is 10.8 Å². The monoisotopic (exact) mass is 830 g/mol. The van der Waals surface area contributed by atoms with Gasteiger partial charge < -0.3 is 13.9 Å². The zero-order valence-electron chi connectivity index (χ0n) is 28.8. The van der Waals surface area contributed by atoms with Gasteiger partial charge >= 0.3 is 0 Å². The van der Waals surface area contributed by atoms with Gasteiger partial charge in [0.25, 0.3) is 0 Å². The summed E-state index contributed by atoms with van der Waals surface area (Å²) in [5, 5.41) is 16.2. The zero-order chi connectivity index (χ0) is 33.4. The average molecular weight is 830 g/mol. The molecule has 1 radical (unpaired) electrons. The maximum atomic E-state index is 12.2. The number of aliphatic hydroxyl groups excluding tert-OH is 1. The molecule has 0 unspecified atom stereocenters. The molecular weight excluding hydrogens is 785 g/mol. The van der Waals surface area contributed by atoms with Gasteiger partial charge in [0.2, 0.25) is 5.71 Å². The van der Waals surface area contributed by atoms with Gasteiger partial charge in [0.05, 0.1) is 11.6 Å². The molecule has 0 spiro atoms. The third-order valence-electron chi connectivity index (χ3n) is 10.00. The topological polar surface area (TPSA) is 89.4 Å². The molecule has 6 rings (SSSR count). The number of aromatic nitrogens is 2. The van der Waals surface area contributed by atoms with Crippen molar-refractivity contribution in [2.75, 3.05) is 0 Å². The summed E-state index contributed by atoms with van der Waals surface area (Å²) in [5.41, 5.74) is 4.67. The van der Waals surface area contributed by atoms with E-state index in [4.69, 9.17) is 8.83 Å². The molecule has 0 fully saturated rings. The van der Waals surface area contributed by atoms with Crippen LogP contribution < -0.4 is 0 Å². The number of hydrogen-bond donors (Lipinski definition) is 1. The number of furan rings is 2. The second-order valence-electron chi connectivity index (χ2n) is 13.7. The number of benzene rings is 2. The first kappa shape index (κ1) is 36.5. The van der Waals surface area contributed by atoms with Gasteiger partial charge in [-0.1, -0.05) is 73.4 Å². The number of allylic oxidation sites excluding steroid dienone is 2. The Bertz CT molecular complexity index is 2050. The Hall–Kier alpha value is -3.32. The maximum Gasteiger partial charge on any atom is 0.223 e. The molecule has 4 heterocycles.